The standard InChI is InChI=1S/C12H18ClN3O5/c1-3-12(6-17,7-18)15-8-4-14-16(5-9(19)21-2)11(20)10(8)13/h4,15,17-18H,3,5-7H2,1-2H3. The Hall–Kier alpha value is -1.64. The van der Waals surface area contributed by atoms with E-state index in [4.69, 9.17) is 11.6 Å². The van der Waals surface area contributed by atoms with Gasteiger partial charge in [0.05, 0.1) is 37.7 Å². The lowest BCUT2D eigenvalue weighted by atomic mass is 9.98. The summed E-state index contributed by atoms with van der Waals surface area (Å²) in [5.41, 5.74) is -1.51. The number of nitrogens with zero attached hydrogens (tertiary/aromatic N) is 2. The molecule has 21 heavy (non-hydrogen) atoms. The van der Waals surface area contributed by atoms with E-state index in [-0.39, 0.29) is 30.5 Å². The van der Waals surface area contributed by atoms with Gasteiger partial charge in [-0.05, 0) is 6.42 Å². The highest BCUT2D eigenvalue weighted by Gasteiger charge is 2.28. The molecular formula is C12H18ClN3O5. The van der Waals surface area contributed by atoms with Crippen molar-refractivity contribution in [3.8, 4) is 0 Å². The first-order valence-electron chi connectivity index (χ1n) is 6.25. The molecule has 0 aliphatic rings. The minimum Gasteiger partial charge on any atom is -0.468 e. The van der Waals surface area contributed by atoms with Gasteiger partial charge in [0.25, 0.3) is 5.56 Å². The molecule has 0 saturated carbocycles. The van der Waals surface area contributed by atoms with Crippen LogP contribution in [0.1, 0.15) is 13.3 Å². The molecule has 0 aliphatic carbocycles. The zero-order valence-electron chi connectivity index (χ0n) is 11.8. The second-order valence-corrected chi connectivity index (χ2v) is 4.86. The number of carbonyl (C=O) groups excluding carboxylic acids is 1. The Morgan fingerprint density at radius 1 is 1.52 bits per heavy atom. The summed E-state index contributed by atoms with van der Waals surface area (Å²) in [5.74, 6) is -0.630. The third-order valence-electron chi connectivity index (χ3n) is 3.17. The van der Waals surface area contributed by atoms with Gasteiger partial charge < -0.3 is 20.3 Å². The molecule has 1 rings (SSSR count). The van der Waals surface area contributed by atoms with Crippen molar-refractivity contribution < 1.29 is 19.7 Å². The van der Waals surface area contributed by atoms with Crippen LogP contribution in [0, 0.1) is 0 Å². The molecule has 0 fully saturated rings. The smallest absolute Gasteiger partial charge is 0.327 e. The number of hydrogen-bond acceptors (Lipinski definition) is 7. The van der Waals surface area contributed by atoms with Crippen LogP contribution in [-0.2, 0) is 16.1 Å². The molecule has 9 heteroatoms. The number of hydrogen-bond donors (Lipinski definition) is 3. The van der Waals surface area contributed by atoms with Crippen LogP contribution >= 0.6 is 11.6 Å². The number of methoxy groups -OCH3 is 1. The number of carbonyl (C=O) groups is 1. The molecule has 3 N–H and O–H groups in total. The van der Waals surface area contributed by atoms with Gasteiger partial charge >= 0.3 is 5.97 Å². The molecular weight excluding hydrogens is 302 g/mol. The Morgan fingerprint density at radius 3 is 2.62 bits per heavy atom. The van der Waals surface area contributed by atoms with Gasteiger partial charge in [-0.3, -0.25) is 9.59 Å². The number of nitrogens with one attached hydrogen (secondary N) is 1. The number of aromatic nitrogens is 2. The first kappa shape index (κ1) is 17.4. The Labute approximate surface area is 126 Å². The SMILES string of the molecule is CCC(CO)(CO)Nc1cnn(CC(=O)OC)c(=O)c1Cl. The van der Waals surface area contributed by atoms with Gasteiger partial charge in [-0.2, -0.15) is 5.10 Å². The van der Waals surface area contributed by atoms with Crippen LogP contribution in [0.25, 0.3) is 0 Å². The molecule has 0 radical (unpaired) electrons. The molecule has 0 saturated heterocycles. The van der Waals surface area contributed by atoms with Crippen molar-refractivity contribution in [1.29, 1.82) is 0 Å². The fourth-order valence-electron chi connectivity index (χ4n) is 1.58. The molecule has 8 nitrogen and oxygen atoms in total. The third kappa shape index (κ3) is 3.93. The van der Waals surface area contributed by atoms with Crippen LogP contribution in [0.15, 0.2) is 11.0 Å². The van der Waals surface area contributed by atoms with Gasteiger partial charge in [0.1, 0.15) is 11.6 Å². The highest BCUT2D eigenvalue weighted by molar-refractivity contribution is 6.32. The lowest BCUT2D eigenvalue weighted by Gasteiger charge is -2.31. The zero-order valence-corrected chi connectivity index (χ0v) is 12.6. The normalized spacial score (nSPS) is 11.3. The molecule has 0 spiro atoms. The fraction of sp³-hybridized carbons (Fsp3) is 0.583. The first-order valence-corrected chi connectivity index (χ1v) is 6.63. The second-order valence-electron chi connectivity index (χ2n) is 4.49. The van der Waals surface area contributed by atoms with E-state index in [1.54, 1.807) is 6.92 Å². The Bertz CT molecular complexity index is 548. The number of aliphatic hydroxyl groups is 2. The molecule has 0 atom stereocenters. The summed E-state index contributed by atoms with van der Waals surface area (Å²) in [4.78, 5) is 23.1. The summed E-state index contributed by atoms with van der Waals surface area (Å²) >= 11 is 5.95. The van der Waals surface area contributed by atoms with Crippen LogP contribution < -0.4 is 10.9 Å². The van der Waals surface area contributed by atoms with E-state index in [0.29, 0.717) is 6.42 Å². The number of ether oxygens (including phenoxy) is 1. The minimum absolute atomic E-state index is 0.174. The average Bonchev–Trinajstić information content (AvgIpc) is 2.51. The molecule has 0 unspecified atom stereocenters. The van der Waals surface area contributed by atoms with Crippen LogP contribution in [0.3, 0.4) is 0 Å². The van der Waals surface area contributed by atoms with E-state index in [0.717, 1.165) is 4.68 Å². The topological polar surface area (TPSA) is 114 Å². The maximum atomic E-state index is 12.0. The quantitative estimate of drug-likeness (QED) is 0.587. The summed E-state index contributed by atoms with van der Waals surface area (Å²) in [6.45, 7) is 0.719. The van der Waals surface area contributed by atoms with E-state index in [1.807, 2.05) is 0 Å². The average molecular weight is 320 g/mol. The van der Waals surface area contributed by atoms with Crippen molar-refractivity contribution in [1.82, 2.24) is 9.78 Å². The lowest BCUT2D eigenvalue weighted by Crippen LogP contribution is -2.45. The van der Waals surface area contributed by atoms with Crippen LogP contribution in [-0.4, -0.2) is 51.8 Å². The van der Waals surface area contributed by atoms with E-state index < -0.39 is 17.1 Å². The summed E-state index contributed by atoms with van der Waals surface area (Å²) < 4.78 is 5.31. The lowest BCUT2D eigenvalue weighted by molar-refractivity contribution is -0.141. The van der Waals surface area contributed by atoms with Crippen molar-refractivity contribution in [2.75, 3.05) is 25.6 Å². The fourth-order valence-corrected chi connectivity index (χ4v) is 1.77. The summed E-state index contributed by atoms with van der Waals surface area (Å²) in [6.07, 6.45) is 1.66. The Kier molecular flexibility index (Phi) is 6.13. The second kappa shape index (κ2) is 7.39. The van der Waals surface area contributed by atoms with E-state index >= 15 is 0 Å². The van der Waals surface area contributed by atoms with Gasteiger partial charge in [-0.1, -0.05) is 18.5 Å². The van der Waals surface area contributed by atoms with Crippen LogP contribution in [0.5, 0.6) is 0 Å². The van der Waals surface area contributed by atoms with Gasteiger partial charge in [0, 0.05) is 0 Å². The predicted octanol–water partition coefficient (Wildman–Crippen LogP) is -0.385. The van der Waals surface area contributed by atoms with Crippen molar-refractivity contribution in [3.05, 3.63) is 21.6 Å². The number of rotatable bonds is 7. The summed E-state index contributed by atoms with van der Waals surface area (Å²) in [6, 6.07) is 0. The van der Waals surface area contributed by atoms with E-state index in [2.05, 4.69) is 15.2 Å². The molecule has 0 aromatic carbocycles. The first-order chi connectivity index (χ1) is 9.92. The highest BCUT2D eigenvalue weighted by Crippen LogP contribution is 2.22. The zero-order chi connectivity index (χ0) is 16.0. The Balaban J connectivity index is 3.10. The highest BCUT2D eigenvalue weighted by atomic mass is 35.5. The van der Waals surface area contributed by atoms with E-state index in [9.17, 15) is 19.8 Å². The Morgan fingerprint density at radius 2 is 2.14 bits per heavy atom. The van der Waals surface area contributed by atoms with E-state index in [1.165, 1.54) is 13.3 Å². The number of halogens is 1. The van der Waals surface area contributed by atoms with Gasteiger partial charge in [-0.25, -0.2) is 4.68 Å². The van der Waals surface area contributed by atoms with Crippen molar-refractivity contribution in [3.63, 3.8) is 0 Å². The summed E-state index contributed by atoms with van der Waals surface area (Å²) in [7, 11) is 1.20. The largest absolute Gasteiger partial charge is 0.468 e. The minimum atomic E-state index is -1.01. The maximum absolute atomic E-state index is 12.0. The summed E-state index contributed by atoms with van der Waals surface area (Å²) in [5, 5.41) is 25.2. The number of aliphatic hydroxyl groups excluding tert-OH is 2. The van der Waals surface area contributed by atoms with Gasteiger partial charge in [0.2, 0.25) is 0 Å². The molecule has 118 valence electrons. The van der Waals surface area contributed by atoms with Crippen LogP contribution in [0.4, 0.5) is 5.69 Å². The van der Waals surface area contributed by atoms with Gasteiger partial charge in [0.15, 0.2) is 0 Å². The molecule has 1 aromatic rings. The number of esters is 1. The van der Waals surface area contributed by atoms with Crippen molar-refractivity contribution in [2.45, 2.75) is 25.4 Å². The van der Waals surface area contributed by atoms with Crippen LogP contribution in [0.2, 0.25) is 5.02 Å². The maximum Gasteiger partial charge on any atom is 0.327 e. The molecule has 1 heterocycles. The van der Waals surface area contributed by atoms with Crippen molar-refractivity contribution in [2.24, 2.45) is 0 Å². The van der Waals surface area contributed by atoms with Gasteiger partial charge in [-0.15, -0.1) is 0 Å². The third-order valence-corrected chi connectivity index (χ3v) is 3.54. The predicted molar refractivity (Wildman–Crippen MR) is 76.3 cm³/mol. The van der Waals surface area contributed by atoms with Crippen molar-refractivity contribution >= 4 is 23.3 Å². The molecule has 0 aliphatic heterocycles. The molecule has 0 bridgehead atoms. The monoisotopic (exact) mass is 319 g/mol. The molecule has 0 amide bonds. The number of anilines is 1. The molecule has 1 aromatic heterocycles.